The Morgan fingerprint density at radius 2 is 2.04 bits per heavy atom. The topological polar surface area (TPSA) is 87.7 Å². The normalized spacial score (nSPS) is 10.6. The largest absolute Gasteiger partial charge is 0.325 e. The molecule has 0 aliphatic heterocycles. The van der Waals surface area contributed by atoms with Crippen molar-refractivity contribution < 1.29 is 9.59 Å². The summed E-state index contributed by atoms with van der Waals surface area (Å²) in [5.41, 5.74) is 1.27. The Morgan fingerprint density at radius 1 is 1.24 bits per heavy atom. The molecule has 0 aliphatic carbocycles. The van der Waals surface area contributed by atoms with Crippen molar-refractivity contribution in [3.05, 3.63) is 58.0 Å². The predicted molar refractivity (Wildman–Crippen MR) is 99.3 cm³/mol. The number of thiophene rings is 1. The standard InChI is InChI=1S/C17H16N4O2S2/c1-11(22)12-4-6-13(7-5-12)18-16(23)10-25-17-19-15(20-21-17)9-14-3-2-8-24-14/h2-8H,9-10H2,1H3,(H,18,23)(H,19,20,21). The first-order valence-electron chi connectivity index (χ1n) is 7.57. The minimum Gasteiger partial charge on any atom is -0.325 e. The number of carbonyl (C=O) groups excluding carboxylic acids is 2. The van der Waals surface area contributed by atoms with Gasteiger partial charge in [0, 0.05) is 22.5 Å². The van der Waals surface area contributed by atoms with Crippen molar-refractivity contribution in [3.8, 4) is 0 Å². The maximum atomic E-state index is 12.0. The summed E-state index contributed by atoms with van der Waals surface area (Å²) in [6, 6.07) is 10.9. The molecule has 2 heterocycles. The second-order valence-electron chi connectivity index (χ2n) is 5.29. The van der Waals surface area contributed by atoms with Crippen LogP contribution in [0, 0.1) is 0 Å². The van der Waals surface area contributed by atoms with E-state index in [0.717, 1.165) is 5.82 Å². The number of hydrogen-bond acceptors (Lipinski definition) is 6. The summed E-state index contributed by atoms with van der Waals surface area (Å²) in [4.78, 5) is 28.8. The number of nitrogens with one attached hydrogen (secondary N) is 2. The Morgan fingerprint density at radius 3 is 2.72 bits per heavy atom. The molecule has 1 amide bonds. The van der Waals surface area contributed by atoms with E-state index in [-0.39, 0.29) is 17.4 Å². The molecular weight excluding hydrogens is 356 g/mol. The van der Waals surface area contributed by atoms with Crippen LogP contribution in [-0.4, -0.2) is 32.6 Å². The highest BCUT2D eigenvalue weighted by Gasteiger charge is 2.09. The lowest BCUT2D eigenvalue weighted by Gasteiger charge is -2.04. The van der Waals surface area contributed by atoms with Gasteiger partial charge >= 0.3 is 0 Å². The number of anilines is 1. The molecule has 6 nitrogen and oxygen atoms in total. The van der Waals surface area contributed by atoms with E-state index in [4.69, 9.17) is 0 Å². The van der Waals surface area contributed by atoms with Gasteiger partial charge in [-0.1, -0.05) is 17.8 Å². The summed E-state index contributed by atoms with van der Waals surface area (Å²) in [5, 5.41) is 12.4. The zero-order valence-electron chi connectivity index (χ0n) is 13.5. The number of nitrogens with zero attached hydrogens (tertiary/aromatic N) is 2. The third-order valence-electron chi connectivity index (χ3n) is 3.34. The van der Waals surface area contributed by atoms with Crippen molar-refractivity contribution >= 4 is 40.5 Å². The lowest BCUT2D eigenvalue weighted by Crippen LogP contribution is -2.14. The Bertz CT molecular complexity index is 857. The fourth-order valence-electron chi connectivity index (χ4n) is 2.12. The van der Waals surface area contributed by atoms with Crippen LogP contribution in [0.1, 0.15) is 28.0 Å². The van der Waals surface area contributed by atoms with Crippen LogP contribution in [0.5, 0.6) is 0 Å². The molecule has 2 N–H and O–H groups in total. The molecule has 128 valence electrons. The Kier molecular flexibility index (Phi) is 5.62. The first kappa shape index (κ1) is 17.4. The lowest BCUT2D eigenvalue weighted by molar-refractivity contribution is -0.113. The zero-order chi connectivity index (χ0) is 17.6. The summed E-state index contributed by atoms with van der Waals surface area (Å²) in [5.74, 6) is 0.844. The quantitative estimate of drug-likeness (QED) is 0.490. The summed E-state index contributed by atoms with van der Waals surface area (Å²) in [6.45, 7) is 1.51. The summed E-state index contributed by atoms with van der Waals surface area (Å²) >= 11 is 2.94. The Balaban J connectivity index is 1.49. The molecule has 3 aromatic rings. The molecule has 2 aromatic heterocycles. The number of carbonyl (C=O) groups is 2. The van der Waals surface area contributed by atoms with Gasteiger partial charge in [0.15, 0.2) is 5.78 Å². The van der Waals surface area contributed by atoms with Crippen molar-refractivity contribution in [3.63, 3.8) is 0 Å². The third kappa shape index (κ3) is 5.01. The van der Waals surface area contributed by atoms with Crippen LogP contribution in [0.3, 0.4) is 0 Å². The number of H-pyrrole nitrogens is 1. The Labute approximate surface area is 153 Å². The molecule has 1 aromatic carbocycles. The number of rotatable bonds is 7. The van der Waals surface area contributed by atoms with E-state index in [1.165, 1.54) is 23.6 Å². The smallest absolute Gasteiger partial charge is 0.234 e. The van der Waals surface area contributed by atoms with Gasteiger partial charge in [0.1, 0.15) is 5.82 Å². The van der Waals surface area contributed by atoms with Crippen LogP contribution >= 0.6 is 23.1 Å². The maximum absolute atomic E-state index is 12.0. The SMILES string of the molecule is CC(=O)c1ccc(NC(=O)CSc2n[nH]c(Cc3cccs3)n2)cc1. The second kappa shape index (κ2) is 8.09. The van der Waals surface area contributed by atoms with Crippen LogP contribution in [0.2, 0.25) is 0 Å². The molecule has 0 fully saturated rings. The first-order chi connectivity index (χ1) is 12.1. The lowest BCUT2D eigenvalue weighted by atomic mass is 10.1. The van der Waals surface area contributed by atoms with Crippen LogP contribution in [0.4, 0.5) is 5.69 Å². The van der Waals surface area contributed by atoms with Gasteiger partial charge in [0.05, 0.1) is 5.75 Å². The van der Waals surface area contributed by atoms with Gasteiger partial charge < -0.3 is 5.32 Å². The summed E-state index contributed by atoms with van der Waals surface area (Å²) < 4.78 is 0. The van der Waals surface area contributed by atoms with E-state index in [1.54, 1.807) is 35.6 Å². The Hall–Kier alpha value is -2.45. The van der Waals surface area contributed by atoms with Crippen LogP contribution in [0.25, 0.3) is 0 Å². The number of aromatic nitrogens is 3. The second-order valence-corrected chi connectivity index (χ2v) is 7.27. The number of hydrogen-bond donors (Lipinski definition) is 2. The first-order valence-corrected chi connectivity index (χ1v) is 9.44. The summed E-state index contributed by atoms with van der Waals surface area (Å²) in [6.07, 6.45) is 0.708. The number of Topliss-reactive ketones (excluding diaryl/α,β-unsaturated/α-hetero) is 1. The van der Waals surface area contributed by atoms with Crippen molar-refractivity contribution in [2.24, 2.45) is 0 Å². The fraction of sp³-hybridized carbons (Fsp3) is 0.176. The minimum atomic E-state index is -0.148. The highest BCUT2D eigenvalue weighted by Crippen LogP contribution is 2.17. The van der Waals surface area contributed by atoms with Crippen LogP contribution in [-0.2, 0) is 11.2 Å². The van der Waals surface area contributed by atoms with Gasteiger partial charge in [-0.25, -0.2) is 4.98 Å². The average molecular weight is 372 g/mol. The molecule has 0 aliphatic rings. The number of benzene rings is 1. The van der Waals surface area contributed by atoms with E-state index < -0.39 is 0 Å². The van der Waals surface area contributed by atoms with E-state index in [0.29, 0.717) is 22.8 Å². The summed E-state index contributed by atoms with van der Waals surface area (Å²) in [7, 11) is 0. The zero-order valence-corrected chi connectivity index (χ0v) is 15.1. The van der Waals surface area contributed by atoms with Gasteiger partial charge in [-0.3, -0.25) is 14.7 Å². The van der Waals surface area contributed by atoms with Gasteiger partial charge in [0.25, 0.3) is 0 Å². The highest BCUT2D eigenvalue weighted by atomic mass is 32.2. The molecular formula is C17H16N4O2S2. The van der Waals surface area contributed by atoms with Crippen molar-refractivity contribution in [1.29, 1.82) is 0 Å². The third-order valence-corrected chi connectivity index (χ3v) is 5.06. The van der Waals surface area contributed by atoms with Gasteiger partial charge in [-0.05, 0) is 42.6 Å². The molecule has 0 radical (unpaired) electrons. The number of amides is 1. The molecule has 0 saturated heterocycles. The van der Waals surface area contributed by atoms with E-state index in [1.807, 2.05) is 17.5 Å². The van der Waals surface area contributed by atoms with Gasteiger partial charge in [-0.2, -0.15) is 0 Å². The average Bonchev–Trinajstić information content (AvgIpc) is 3.26. The molecule has 0 unspecified atom stereocenters. The molecule has 0 bridgehead atoms. The fourth-order valence-corrected chi connectivity index (χ4v) is 3.44. The number of ketones is 1. The van der Waals surface area contributed by atoms with Crippen LogP contribution < -0.4 is 5.32 Å². The van der Waals surface area contributed by atoms with E-state index >= 15 is 0 Å². The van der Waals surface area contributed by atoms with Crippen LogP contribution in [0.15, 0.2) is 46.9 Å². The molecule has 0 atom stereocenters. The molecule has 3 rings (SSSR count). The number of aromatic amines is 1. The monoisotopic (exact) mass is 372 g/mol. The van der Waals surface area contributed by atoms with Crippen molar-refractivity contribution in [2.45, 2.75) is 18.5 Å². The molecule has 0 saturated carbocycles. The number of thioether (sulfide) groups is 1. The molecule has 8 heteroatoms. The van der Waals surface area contributed by atoms with Gasteiger partial charge in [0.2, 0.25) is 11.1 Å². The molecule has 25 heavy (non-hydrogen) atoms. The van der Waals surface area contributed by atoms with Gasteiger partial charge in [-0.15, -0.1) is 16.4 Å². The predicted octanol–water partition coefficient (Wildman–Crippen LogP) is 3.39. The van der Waals surface area contributed by atoms with Crippen molar-refractivity contribution in [2.75, 3.05) is 11.1 Å². The molecule has 0 spiro atoms. The minimum absolute atomic E-state index is 0.00334. The van der Waals surface area contributed by atoms with E-state index in [2.05, 4.69) is 20.5 Å². The van der Waals surface area contributed by atoms with Crippen molar-refractivity contribution in [1.82, 2.24) is 15.2 Å². The highest BCUT2D eigenvalue weighted by molar-refractivity contribution is 7.99. The maximum Gasteiger partial charge on any atom is 0.234 e. The van der Waals surface area contributed by atoms with E-state index in [9.17, 15) is 9.59 Å².